The summed E-state index contributed by atoms with van der Waals surface area (Å²) in [6, 6.07) is 3.52. The van der Waals surface area contributed by atoms with E-state index in [1.54, 1.807) is 24.0 Å². The Morgan fingerprint density at radius 1 is 1.43 bits per heavy atom. The number of hydrogen-bond donors (Lipinski definition) is 3. The van der Waals surface area contributed by atoms with Gasteiger partial charge in [0.15, 0.2) is 5.11 Å². The highest BCUT2D eigenvalue weighted by atomic mass is 32.1. The summed E-state index contributed by atoms with van der Waals surface area (Å²) in [4.78, 5) is 36.7. The molecule has 1 aliphatic rings. The van der Waals surface area contributed by atoms with Crippen LogP contribution in [0.15, 0.2) is 22.8 Å². The molecule has 2 heterocycles. The third kappa shape index (κ3) is 4.78. The number of thiocarbonyl (C=S) groups is 1. The fraction of sp³-hybridized carbons (Fsp3) is 0.429. The Labute approximate surface area is 138 Å². The number of furan rings is 1. The van der Waals surface area contributed by atoms with Crippen LogP contribution < -0.4 is 16.2 Å². The van der Waals surface area contributed by atoms with Crippen LogP contribution in [0.5, 0.6) is 0 Å². The maximum Gasteiger partial charge on any atom is 0.243 e. The molecule has 1 atom stereocenters. The number of nitrogens with zero attached hydrogens (tertiary/aromatic N) is 1. The van der Waals surface area contributed by atoms with Gasteiger partial charge in [-0.1, -0.05) is 6.92 Å². The SMILES string of the molecule is CCC(=O)NC(=S)NNC(=O)C1CC(=O)N(Cc2ccco2)C1. The van der Waals surface area contributed by atoms with E-state index in [2.05, 4.69) is 16.2 Å². The van der Waals surface area contributed by atoms with Crippen molar-refractivity contribution < 1.29 is 18.8 Å². The van der Waals surface area contributed by atoms with E-state index in [1.165, 1.54) is 6.26 Å². The molecular weight excluding hydrogens is 320 g/mol. The number of carbonyl (C=O) groups excluding carboxylic acids is 3. The summed E-state index contributed by atoms with van der Waals surface area (Å²) in [7, 11) is 0. The zero-order valence-corrected chi connectivity index (χ0v) is 13.4. The van der Waals surface area contributed by atoms with Crippen molar-refractivity contribution >= 4 is 35.1 Å². The first kappa shape index (κ1) is 16.9. The summed E-state index contributed by atoms with van der Waals surface area (Å²) in [5.74, 6) is -0.523. The molecule has 8 nitrogen and oxygen atoms in total. The largest absolute Gasteiger partial charge is 0.467 e. The lowest BCUT2D eigenvalue weighted by molar-refractivity contribution is -0.129. The van der Waals surface area contributed by atoms with Gasteiger partial charge >= 0.3 is 0 Å². The van der Waals surface area contributed by atoms with Crippen LogP contribution in [0.25, 0.3) is 0 Å². The highest BCUT2D eigenvalue weighted by Crippen LogP contribution is 2.20. The van der Waals surface area contributed by atoms with E-state index >= 15 is 0 Å². The molecule has 1 unspecified atom stereocenters. The van der Waals surface area contributed by atoms with E-state index in [0.29, 0.717) is 18.8 Å². The first-order valence-corrected chi connectivity index (χ1v) is 7.60. The summed E-state index contributed by atoms with van der Waals surface area (Å²) in [6.07, 6.45) is 1.95. The molecule has 23 heavy (non-hydrogen) atoms. The number of amides is 3. The average Bonchev–Trinajstić information content (AvgIpc) is 3.15. The Morgan fingerprint density at radius 2 is 2.22 bits per heavy atom. The van der Waals surface area contributed by atoms with E-state index < -0.39 is 5.92 Å². The van der Waals surface area contributed by atoms with E-state index in [-0.39, 0.29) is 35.7 Å². The number of hydrazine groups is 1. The Bertz CT molecular complexity index is 602. The van der Waals surface area contributed by atoms with Crippen LogP contribution in [0.1, 0.15) is 25.5 Å². The molecule has 0 saturated carbocycles. The number of nitrogens with one attached hydrogen (secondary N) is 3. The summed E-state index contributed by atoms with van der Waals surface area (Å²) < 4.78 is 5.20. The Hall–Kier alpha value is -2.42. The van der Waals surface area contributed by atoms with Crippen LogP contribution in [0.3, 0.4) is 0 Å². The van der Waals surface area contributed by atoms with Gasteiger partial charge in [-0.3, -0.25) is 25.2 Å². The smallest absolute Gasteiger partial charge is 0.243 e. The van der Waals surface area contributed by atoms with Crippen LogP contribution in [0, 0.1) is 5.92 Å². The molecule has 0 bridgehead atoms. The van der Waals surface area contributed by atoms with Crippen molar-refractivity contribution in [2.75, 3.05) is 6.54 Å². The van der Waals surface area contributed by atoms with Gasteiger partial charge in [-0.05, 0) is 24.4 Å². The minimum Gasteiger partial charge on any atom is -0.467 e. The molecule has 0 aromatic carbocycles. The second-order valence-electron chi connectivity index (χ2n) is 5.10. The molecular formula is C14H18N4O4S. The van der Waals surface area contributed by atoms with Crippen molar-refractivity contribution in [2.45, 2.75) is 26.3 Å². The standard InChI is InChI=1S/C14H18N4O4S/c1-2-11(19)15-14(23)17-16-13(21)9-6-12(20)18(7-9)8-10-4-3-5-22-10/h3-5,9H,2,6-8H2,1H3,(H,16,21)(H2,15,17,19,23). The van der Waals surface area contributed by atoms with Gasteiger partial charge in [-0.15, -0.1) is 0 Å². The summed E-state index contributed by atoms with van der Waals surface area (Å²) in [6.45, 7) is 2.34. The van der Waals surface area contributed by atoms with Crippen molar-refractivity contribution in [1.29, 1.82) is 0 Å². The zero-order valence-electron chi connectivity index (χ0n) is 12.6. The number of rotatable bonds is 4. The molecule has 124 valence electrons. The van der Waals surface area contributed by atoms with Gasteiger partial charge in [0.05, 0.1) is 18.7 Å². The maximum absolute atomic E-state index is 12.1. The van der Waals surface area contributed by atoms with Crippen LogP contribution in [0.2, 0.25) is 0 Å². The van der Waals surface area contributed by atoms with Gasteiger partial charge in [-0.2, -0.15) is 0 Å². The van der Waals surface area contributed by atoms with Gasteiger partial charge < -0.3 is 14.6 Å². The van der Waals surface area contributed by atoms with E-state index in [1.807, 2.05) is 0 Å². The van der Waals surface area contributed by atoms with Crippen molar-refractivity contribution in [3.63, 3.8) is 0 Å². The number of likely N-dealkylation sites (tertiary alicyclic amines) is 1. The predicted molar refractivity (Wildman–Crippen MR) is 84.5 cm³/mol. The van der Waals surface area contributed by atoms with E-state index in [9.17, 15) is 14.4 Å². The van der Waals surface area contributed by atoms with Crippen LogP contribution in [-0.4, -0.2) is 34.3 Å². The molecule has 0 aliphatic carbocycles. The molecule has 1 fully saturated rings. The monoisotopic (exact) mass is 338 g/mol. The highest BCUT2D eigenvalue weighted by Gasteiger charge is 2.34. The Balaban J connectivity index is 1.78. The molecule has 3 amide bonds. The van der Waals surface area contributed by atoms with Crippen molar-refractivity contribution in [2.24, 2.45) is 5.92 Å². The first-order chi connectivity index (χ1) is 11.0. The van der Waals surface area contributed by atoms with Crippen LogP contribution >= 0.6 is 12.2 Å². The lowest BCUT2D eigenvalue weighted by atomic mass is 10.1. The van der Waals surface area contributed by atoms with E-state index in [4.69, 9.17) is 16.6 Å². The molecule has 2 rings (SSSR count). The summed E-state index contributed by atoms with van der Waals surface area (Å²) >= 11 is 4.87. The Kier molecular flexibility index (Phi) is 5.69. The zero-order chi connectivity index (χ0) is 16.8. The van der Waals surface area contributed by atoms with E-state index in [0.717, 1.165) is 0 Å². The van der Waals surface area contributed by atoms with Gasteiger partial charge in [0.25, 0.3) is 0 Å². The average molecular weight is 338 g/mol. The number of hydrogen-bond acceptors (Lipinski definition) is 5. The highest BCUT2D eigenvalue weighted by molar-refractivity contribution is 7.80. The predicted octanol–water partition coefficient (Wildman–Crippen LogP) is 0.0600. The quantitative estimate of drug-likeness (QED) is 0.530. The topological polar surface area (TPSA) is 104 Å². The van der Waals surface area contributed by atoms with Gasteiger partial charge in [-0.25, -0.2) is 0 Å². The van der Waals surface area contributed by atoms with Crippen molar-refractivity contribution in [1.82, 2.24) is 21.1 Å². The van der Waals surface area contributed by atoms with Gasteiger partial charge in [0.2, 0.25) is 17.7 Å². The number of carbonyl (C=O) groups is 3. The fourth-order valence-electron chi connectivity index (χ4n) is 2.16. The minimum absolute atomic E-state index is 0.0157. The molecule has 9 heteroatoms. The summed E-state index contributed by atoms with van der Waals surface area (Å²) in [5.41, 5.74) is 4.86. The van der Waals surface area contributed by atoms with Gasteiger partial charge in [0, 0.05) is 19.4 Å². The summed E-state index contributed by atoms with van der Waals surface area (Å²) in [5, 5.41) is 2.42. The van der Waals surface area contributed by atoms with Crippen LogP contribution in [-0.2, 0) is 20.9 Å². The lowest BCUT2D eigenvalue weighted by Gasteiger charge is -2.15. The van der Waals surface area contributed by atoms with Gasteiger partial charge in [0.1, 0.15) is 5.76 Å². The first-order valence-electron chi connectivity index (χ1n) is 7.19. The third-order valence-corrected chi connectivity index (χ3v) is 3.59. The van der Waals surface area contributed by atoms with Crippen molar-refractivity contribution in [3.05, 3.63) is 24.2 Å². The molecule has 3 N–H and O–H groups in total. The second-order valence-corrected chi connectivity index (χ2v) is 5.51. The third-order valence-electron chi connectivity index (χ3n) is 3.39. The molecule has 1 aromatic rings. The normalized spacial score (nSPS) is 17.0. The minimum atomic E-state index is -0.477. The van der Waals surface area contributed by atoms with Crippen LogP contribution in [0.4, 0.5) is 0 Å². The molecule has 1 aromatic heterocycles. The molecule has 1 aliphatic heterocycles. The molecule has 0 radical (unpaired) electrons. The fourth-order valence-corrected chi connectivity index (χ4v) is 2.32. The maximum atomic E-state index is 12.1. The lowest BCUT2D eigenvalue weighted by Crippen LogP contribution is -2.50. The molecule has 0 spiro atoms. The van der Waals surface area contributed by atoms with Crippen molar-refractivity contribution in [3.8, 4) is 0 Å². The second kappa shape index (κ2) is 7.73. The molecule has 1 saturated heterocycles. The Morgan fingerprint density at radius 3 is 2.87 bits per heavy atom.